The lowest BCUT2D eigenvalue weighted by Gasteiger charge is -2.36. The third-order valence-electron chi connectivity index (χ3n) is 4.85. The molecule has 0 saturated heterocycles. The molecule has 0 bridgehead atoms. The van der Waals surface area contributed by atoms with Gasteiger partial charge < -0.3 is 9.73 Å². The van der Waals surface area contributed by atoms with Crippen molar-refractivity contribution in [1.82, 2.24) is 0 Å². The molecule has 2 heterocycles. The van der Waals surface area contributed by atoms with Crippen LogP contribution in [0, 0.1) is 11.3 Å². The molecule has 1 atom stereocenters. The molecule has 1 aliphatic heterocycles. The molecule has 1 unspecified atom stereocenters. The molecule has 0 fully saturated rings. The van der Waals surface area contributed by atoms with Gasteiger partial charge >= 0.3 is 0 Å². The van der Waals surface area contributed by atoms with E-state index in [0.717, 1.165) is 38.8 Å². The predicted molar refractivity (Wildman–Crippen MR) is 108 cm³/mol. The summed E-state index contributed by atoms with van der Waals surface area (Å²) in [7, 11) is 0. The highest BCUT2D eigenvalue weighted by atomic mass is 16.3. The Balaban J connectivity index is 1.68. The molecule has 0 radical (unpaired) electrons. The Bertz CT molecular complexity index is 1260. The highest BCUT2D eigenvalue weighted by Gasteiger charge is 2.15. The van der Waals surface area contributed by atoms with Gasteiger partial charge in [-0.3, -0.25) is 0 Å². The minimum atomic E-state index is -0.165. The van der Waals surface area contributed by atoms with E-state index < -0.39 is 0 Å². The minimum absolute atomic E-state index is 0.165. The van der Waals surface area contributed by atoms with Gasteiger partial charge in [0.1, 0.15) is 11.2 Å². The first-order valence-electron chi connectivity index (χ1n) is 8.83. The fraction of sp³-hybridized carbons (Fsp3) is 0.0417. The molecule has 27 heavy (non-hydrogen) atoms. The van der Waals surface area contributed by atoms with Gasteiger partial charge in [-0.15, -0.1) is 5.70 Å². The molecule has 5 rings (SSSR count). The van der Waals surface area contributed by atoms with Crippen LogP contribution in [-0.2, 0) is 0 Å². The SMILES string of the molecule is N#Cc1cc(C2C=CC=C(c3ccccc3)[N-]2)c2c(c1)oc1ccccc12. The second-order valence-corrected chi connectivity index (χ2v) is 6.53. The number of furan rings is 1. The number of benzene rings is 3. The summed E-state index contributed by atoms with van der Waals surface area (Å²) >= 11 is 0. The largest absolute Gasteiger partial charge is 0.674 e. The summed E-state index contributed by atoms with van der Waals surface area (Å²) < 4.78 is 6.01. The van der Waals surface area contributed by atoms with E-state index in [1.54, 1.807) is 6.07 Å². The van der Waals surface area contributed by atoms with Crippen LogP contribution < -0.4 is 0 Å². The van der Waals surface area contributed by atoms with Crippen molar-refractivity contribution in [3.8, 4) is 6.07 Å². The fourth-order valence-electron chi connectivity index (χ4n) is 3.62. The summed E-state index contributed by atoms with van der Waals surface area (Å²) in [6, 6.07) is 23.9. The predicted octanol–water partition coefficient (Wildman–Crippen LogP) is 6.48. The third kappa shape index (κ3) is 2.59. The van der Waals surface area contributed by atoms with E-state index in [2.05, 4.69) is 30.3 Å². The minimum Gasteiger partial charge on any atom is -0.674 e. The molecular weight excluding hydrogens is 332 g/mol. The van der Waals surface area contributed by atoms with Gasteiger partial charge in [0.05, 0.1) is 11.6 Å². The third-order valence-corrected chi connectivity index (χ3v) is 4.85. The van der Waals surface area contributed by atoms with Gasteiger partial charge in [-0.25, -0.2) is 0 Å². The molecule has 0 amide bonds. The van der Waals surface area contributed by atoms with Crippen LogP contribution >= 0.6 is 0 Å². The van der Waals surface area contributed by atoms with E-state index in [-0.39, 0.29) is 6.04 Å². The number of fused-ring (bicyclic) bond motifs is 3. The summed E-state index contributed by atoms with van der Waals surface area (Å²) in [5, 5.41) is 16.5. The van der Waals surface area contributed by atoms with Crippen molar-refractivity contribution in [2.45, 2.75) is 6.04 Å². The molecular formula is C24H15N2O-. The first-order valence-corrected chi connectivity index (χ1v) is 8.83. The maximum atomic E-state index is 9.47. The van der Waals surface area contributed by atoms with Gasteiger partial charge in [-0.1, -0.05) is 72.8 Å². The standard InChI is InChI=1S/C24H15N2O/c25-15-16-13-19(24-18-9-4-5-12-22(18)27-23(24)14-16)21-11-6-10-20(26-21)17-7-2-1-3-8-17/h1-14,21H/q-1. The van der Waals surface area contributed by atoms with Crippen LogP contribution in [0.15, 0.2) is 89.4 Å². The molecule has 0 spiro atoms. The van der Waals surface area contributed by atoms with Crippen LogP contribution in [0.1, 0.15) is 22.7 Å². The first-order chi connectivity index (χ1) is 13.3. The number of para-hydroxylation sites is 1. The van der Waals surface area contributed by atoms with Crippen LogP contribution in [0.3, 0.4) is 0 Å². The van der Waals surface area contributed by atoms with Crippen molar-refractivity contribution < 1.29 is 4.42 Å². The number of hydrogen-bond donors (Lipinski definition) is 0. The average molecular weight is 347 g/mol. The molecule has 128 valence electrons. The Hall–Kier alpha value is -3.77. The van der Waals surface area contributed by atoms with Crippen LogP contribution in [0.4, 0.5) is 0 Å². The van der Waals surface area contributed by atoms with E-state index in [9.17, 15) is 5.26 Å². The summed E-state index contributed by atoms with van der Waals surface area (Å²) in [6.45, 7) is 0. The Morgan fingerprint density at radius 3 is 2.59 bits per heavy atom. The van der Waals surface area contributed by atoms with E-state index in [1.807, 2.05) is 54.6 Å². The Morgan fingerprint density at radius 2 is 1.74 bits per heavy atom. The molecule has 1 aromatic heterocycles. The highest BCUT2D eigenvalue weighted by molar-refractivity contribution is 6.07. The zero-order chi connectivity index (χ0) is 18.2. The van der Waals surface area contributed by atoms with Crippen molar-refractivity contribution >= 4 is 27.6 Å². The molecule has 0 N–H and O–H groups in total. The zero-order valence-corrected chi connectivity index (χ0v) is 14.5. The summed E-state index contributed by atoms with van der Waals surface area (Å²) in [4.78, 5) is 0. The average Bonchev–Trinajstić information content (AvgIpc) is 3.12. The molecule has 0 aliphatic carbocycles. The van der Waals surface area contributed by atoms with Crippen molar-refractivity contribution in [1.29, 1.82) is 5.26 Å². The quantitative estimate of drug-likeness (QED) is 0.416. The van der Waals surface area contributed by atoms with E-state index in [4.69, 9.17) is 9.73 Å². The monoisotopic (exact) mass is 347 g/mol. The Kier molecular flexibility index (Phi) is 3.55. The number of rotatable bonds is 2. The summed E-state index contributed by atoms with van der Waals surface area (Å²) in [5.41, 5.74) is 5.14. The smallest absolute Gasteiger partial charge is 0.136 e. The van der Waals surface area contributed by atoms with Gasteiger partial charge in [0.2, 0.25) is 0 Å². The van der Waals surface area contributed by atoms with Crippen molar-refractivity contribution in [2.75, 3.05) is 0 Å². The highest BCUT2D eigenvalue weighted by Crippen LogP contribution is 2.42. The van der Waals surface area contributed by atoms with Crippen LogP contribution in [0.25, 0.3) is 33.0 Å². The van der Waals surface area contributed by atoms with Crippen LogP contribution in [-0.4, -0.2) is 0 Å². The van der Waals surface area contributed by atoms with Gasteiger partial charge in [-0.05, 0) is 29.3 Å². The maximum absolute atomic E-state index is 9.47. The Morgan fingerprint density at radius 1 is 0.926 bits per heavy atom. The zero-order valence-electron chi connectivity index (χ0n) is 14.5. The van der Waals surface area contributed by atoms with Crippen molar-refractivity contribution in [3.05, 3.63) is 107 Å². The number of allylic oxidation sites excluding steroid dienone is 2. The van der Waals surface area contributed by atoms with Crippen LogP contribution in [0.2, 0.25) is 0 Å². The number of hydrogen-bond acceptors (Lipinski definition) is 2. The Labute approximate surface area is 156 Å². The maximum Gasteiger partial charge on any atom is 0.136 e. The topological polar surface area (TPSA) is 51.0 Å². The van der Waals surface area contributed by atoms with E-state index in [0.29, 0.717) is 5.56 Å². The van der Waals surface area contributed by atoms with Gasteiger partial charge in [0.15, 0.2) is 0 Å². The van der Waals surface area contributed by atoms with Crippen molar-refractivity contribution in [2.24, 2.45) is 0 Å². The number of nitriles is 1. The molecule has 0 saturated carbocycles. The van der Waals surface area contributed by atoms with Gasteiger partial charge in [-0.2, -0.15) is 5.26 Å². The fourth-order valence-corrected chi connectivity index (χ4v) is 3.62. The molecule has 4 aromatic rings. The van der Waals surface area contributed by atoms with Gasteiger partial charge in [0.25, 0.3) is 0 Å². The molecule has 1 aliphatic rings. The van der Waals surface area contributed by atoms with Gasteiger partial charge in [0, 0.05) is 10.8 Å². The second-order valence-electron chi connectivity index (χ2n) is 6.53. The molecule has 3 nitrogen and oxygen atoms in total. The lowest BCUT2D eigenvalue weighted by atomic mass is 9.95. The summed E-state index contributed by atoms with van der Waals surface area (Å²) in [6.07, 6.45) is 6.11. The lowest BCUT2D eigenvalue weighted by Crippen LogP contribution is -2.00. The van der Waals surface area contributed by atoms with E-state index >= 15 is 0 Å². The van der Waals surface area contributed by atoms with Crippen LogP contribution in [0.5, 0.6) is 0 Å². The second kappa shape index (κ2) is 6.19. The normalized spacial score (nSPS) is 16.1. The molecule has 3 heteroatoms. The molecule has 3 aromatic carbocycles. The van der Waals surface area contributed by atoms with Crippen molar-refractivity contribution in [3.63, 3.8) is 0 Å². The first kappa shape index (κ1) is 15.5. The van der Waals surface area contributed by atoms with E-state index in [1.165, 1.54) is 0 Å². The lowest BCUT2D eigenvalue weighted by molar-refractivity contribution is 0.668. The summed E-state index contributed by atoms with van der Waals surface area (Å²) in [5.74, 6) is 0. The number of nitrogens with zero attached hydrogens (tertiary/aromatic N) is 2.